The van der Waals surface area contributed by atoms with Gasteiger partial charge in [-0.15, -0.1) is 0 Å². The molecule has 1 aliphatic rings. The molecule has 0 aromatic heterocycles. The Morgan fingerprint density at radius 1 is 0.625 bits per heavy atom. The fourth-order valence-corrected chi connectivity index (χ4v) is 9.03. The molecule has 1 aliphatic heterocycles. The van der Waals surface area contributed by atoms with Gasteiger partial charge in [-0.05, 0) is 19.3 Å². The van der Waals surface area contributed by atoms with Crippen LogP contribution in [0.2, 0.25) is 0 Å². The van der Waals surface area contributed by atoms with Gasteiger partial charge in [-0.2, -0.15) is 8.42 Å². The zero-order valence-corrected chi connectivity index (χ0v) is 41.3. The van der Waals surface area contributed by atoms with E-state index in [1.807, 2.05) is 6.08 Å². The number of ether oxygens (including phenoxy) is 2. The molecule has 0 aromatic carbocycles. The number of hydrogen-bond acceptors (Lipinski definition) is 11. The van der Waals surface area contributed by atoms with Crippen LogP contribution >= 0.6 is 0 Å². The first kappa shape index (κ1) is 60.8. The topological polar surface area (TPSA) is 212 Å². The third kappa shape index (κ3) is 32.5. The van der Waals surface area contributed by atoms with Crippen LogP contribution < -0.4 is 5.32 Å². The maximum Gasteiger partial charge on any atom is 0.397 e. The SMILES string of the molecule is CCCCCCCCCCCCCCCCCCC/C=C/C(O)C(COC1OC(CO)C(O)C(OS(=O)(=O)O)C1O)NC(=O)C(O)CCCCCCCCCCCCCCCCCC. The summed E-state index contributed by atoms with van der Waals surface area (Å²) >= 11 is 0. The van der Waals surface area contributed by atoms with Crippen LogP contribution in [0.5, 0.6) is 0 Å². The average molecular weight is 936 g/mol. The molecule has 0 aromatic rings. The number of allylic oxidation sites excluding steroid dienone is 1. The van der Waals surface area contributed by atoms with Crippen molar-refractivity contribution in [1.82, 2.24) is 5.32 Å². The maximum absolute atomic E-state index is 13.2. The monoisotopic (exact) mass is 936 g/mol. The van der Waals surface area contributed by atoms with Gasteiger partial charge in [-0.1, -0.05) is 231 Å². The highest BCUT2D eigenvalue weighted by Gasteiger charge is 2.48. The van der Waals surface area contributed by atoms with Crippen LogP contribution in [0.4, 0.5) is 0 Å². The lowest BCUT2D eigenvalue weighted by Crippen LogP contribution is -2.61. The number of nitrogens with one attached hydrogen (secondary N) is 1. The van der Waals surface area contributed by atoms with E-state index in [1.54, 1.807) is 6.08 Å². The Hall–Kier alpha value is -1.20. The lowest BCUT2D eigenvalue weighted by atomic mass is 9.99. The van der Waals surface area contributed by atoms with Gasteiger partial charge in [-0.25, -0.2) is 4.18 Å². The van der Waals surface area contributed by atoms with Crippen LogP contribution in [-0.4, -0.2) is 107 Å². The quantitative estimate of drug-likeness (QED) is 0.0173. The molecule has 1 heterocycles. The van der Waals surface area contributed by atoms with E-state index in [-0.39, 0.29) is 6.42 Å². The number of hydrogen-bond donors (Lipinski definition) is 7. The number of unbranched alkanes of at least 4 members (excludes halogenated alkanes) is 32. The number of aliphatic hydroxyl groups excluding tert-OH is 5. The summed E-state index contributed by atoms with van der Waals surface area (Å²) in [6.45, 7) is 3.25. The second kappa shape index (κ2) is 40.8. The first-order valence-electron chi connectivity index (χ1n) is 26.2. The first-order valence-corrected chi connectivity index (χ1v) is 27.5. The van der Waals surface area contributed by atoms with Gasteiger partial charge in [0.05, 0.1) is 25.4 Å². The minimum atomic E-state index is -5.12. The van der Waals surface area contributed by atoms with Crippen LogP contribution in [-0.2, 0) is 28.9 Å². The highest BCUT2D eigenvalue weighted by atomic mass is 32.3. The van der Waals surface area contributed by atoms with E-state index in [1.165, 1.54) is 167 Å². The van der Waals surface area contributed by atoms with Crippen LogP contribution in [0.15, 0.2) is 12.2 Å². The zero-order chi connectivity index (χ0) is 47.1. The van der Waals surface area contributed by atoms with Crippen molar-refractivity contribution in [2.75, 3.05) is 13.2 Å². The highest BCUT2D eigenvalue weighted by Crippen LogP contribution is 2.26. The minimum Gasteiger partial charge on any atom is -0.394 e. The zero-order valence-electron chi connectivity index (χ0n) is 40.5. The van der Waals surface area contributed by atoms with Gasteiger partial charge in [0.25, 0.3) is 0 Å². The Bertz CT molecular complexity index is 1210. The van der Waals surface area contributed by atoms with Crippen LogP contribution in [0.25, 0.3) is 0 Å². The molecule has 7 N–H and O–H groups in total. The van der Waals surface area contributed by atoms with Gasteiger partial charge in [0.15, 0.2) is 6.29 Å². The van der Waals surface area contributed by atoms with E-state index in [0.717, 1.165) is 38.5 Å². The van der Waals surface area contributed by atoms with Gasteiger partial charge in [0.1, 0.15) is 30.5 Å². The highest BCUT2D eigenvalue weighted by molar-refractivity contribution is 7.80. The van der Waals surface area contributed by atoms with E-state index < -0.39 is 78.5 Å². The number of carbonyl (C=O) groups is 1. The van der Waals surface area contributed by atoms with Gasteiger partial charge >= 0.3 is 10.4 Å². The Kier molecular flexibility index (Phi) is 38.8. The molecular formula is C50H97NO12S. The molecule has 380 valence electrons. The summed E-state index contributed by atoms with van der Waals surface area (Å²) in [5.74, 6) is -0.698. The van der Waals surface area contributed by atoms with E-state index in [4.69, 9.17) is 9.47 Å². The molecule has 0 radical (unpaired) electrons. The van der Waals surface area contributed by atoms with Crippen molar-refractivity contribution in [3.63, 3.8) is 0 Å². The summed E-state index contributed by atoms with van der Waals surface area (Å²) in [4.78, 5) is 13.2. The van der Waals surface area contributed by atoms with Gasteiger partial charge in [0, 0.05) is 0 Å². The molecule has 1 amide bonds. The largest absolute Gasteiger partial charge is 0.397 e. The van der Waals surface area contributed by atoms with Crippen molar-refractivity contribution in [3.8, 4) is 0 Å². The molecule has 64 heavy (non-hydrogen) atoms. The summed E-state index contributed by atoms with van der Waals surface area (Å²) in [7, 11) is -5.12. The predicted molar refractivity (Wildman–Crippen MR) is 256 cm³/mol. The fraction of sp³-hybridized carbons (Fsp3) is 0.940. The van der Waals surface area contributed by atoms with Gasteiger partial charge in [0.2, 0.25) is 5.91 Å². The molecule has 13 nitrogen and oxygen atoms in total. The molecule has 0 spiro atoms. The summed E-state index contributed by atoms with van der Waals surface area (Å²) in [6, 6.07) is -1.11. The average Bonchev–Trinajstić information content (AvgIpc) is 3.27. The van der Waals surface area contributed by atoms with Crippen LogP contribution in [0, 0.1) is 0 Å². The molecule has 8 atom stereocenters. The number of rotatable bonds is 45. The van der Waals surface area contributed by atoms with Crippen molar-refractivity contribution in [2.24, 2.45) is 0 Å². The predicted octanol–water partition coefficient (Wildman–Crippen LogP) is 10.1. The molecule has 1 fully saturated rings. The maximum atomic E-state index is 13.2. The van der Waals surface area contributed by atoms with Crippen molar-refractivity contribution in [1.29, 1.82) is 0 Å². The van der Waals surface area contributed by atoms with Crippen molar-refractivity contribution in [2.45, 2.75) is 288 Å². The Morgan fingerprint density at radius 2 is 1.02 bits per heavy atom. The number of carbonyl (C=O) groups excluding carboxylic acids is 1. The molecule has 0 saturated carbocycles. The van der Waals surface area contributed by atoms with E-state index in [0.29, 0.717) is 12.8 Å². The normalized spacial score (nSPS) is 20.8. The Morgan fingerprint density at radius 3 is 1.41 bits per heavy atom. The molecule has 1 saturated heterocycles. The van der Waals surface area contributed by atoms with Crippen molar-refractivity contribution >= 4 is 16.3 Å². The summed E-state index contributed by atoms with van der Waals surface area (Å²) < 4.78 is 47.6. The van der Waals surface area contributed by atoms with E-state index in [2.05, 4.69) is 23.3 Å². The lowest BCUT2D eigenvalue weighted by molar-refractivity contribution is -0.298. The second-order valence-electron chi connectivity index (χ2n) is 18.6. The van der Waals surface area contributed by atoms with E-state index in [9.17, 15) is 43.3 Å². The standard InChI is InChI=1S/C50H97NO12S/c1-3-5-7-9-11-13-15-17-19-21-22-23-25-26-28-30-32-34-36-38-43(53)42(41-61-50-47(56)48(63-64(58,59)60)46(55)45(40-52)62-50)51-49(57)44(54)39-37-35-33-31-29-27-24-20-18-16-14-12-10-8-6-4-2/h36,38,42-48,50,52-56H,3-35,37,39-41H2,1-2H3,(H,51,57)(H,58,59,60)/b38-36+. The molecular weight excluding hydrogens is 839 g/mol. The Labute approximate surface area is 390 Å². The third-order valence-corrected chi connectivity index (χ3v) is 13.1. The lowest BCUT2D eigenvalue weighted by Gasteiger charge is -2.41. The number of amides is 1. The second-order valence-corrected chi connectivity index (χ2v) is 19.7. The molecule has 8 unspecified atom stereocenters. The molecule has 0 bridgehead atoms. The smallest absolute Gasteiger partial charge is 0.394 e. The van der Waals surface area contributed by atoms with Gasteiger partial charge < -0.3 is 40.3 Å². The summed E-state index contributed by atoms with van der Waals surface area (Å²) in [5.41, 5.74) is 0. The molecule has 0 aliphatic carbocycles. The van der Waals surface area contributed by atoms with Gasteiger partial charge in [-0.3, -0.25) is 9.35 Å². The van der Waals surface area contributed by atoms with Crippen molar-refractivity contribution < 1.29 is 57.0 Å². The number of aliphatic hydroxyl groups is 5. The molecule has 1 rings (SSSR count). The van der Waals surface area contributed by atoms with Crippen molar-refractivity contribution in [3.05, 3.63) is 12.2 Å². The first-order chi connectivity index (χ1) is 30.9. The summed E-state index contributed by atoms with van der Waals surface area (Å²) in [5, 5.41) is 55.4. The van der Waals surface area contributed by atoms with E-state index >= 15 is 0 Å². The third-order valence-electron chi connectivity index (χ3n) is 12.7. The fourth-order valence-electron chi connectivity index (χ4n) is 8.52. The minimum absolute atomic E-state index is 0.248. The van der Waals surface area contributed by atoms with Crippen LogP contribution in [0.1, 0.15) is 239 Å². The van der Waals surface area contributed by atoms with Crippen LogP contribution in [0.3, 0.4) is 0 Å². The summed E-state index contributed by atoms with van der Waals surface area (Å²) in [6.07, 6.45) is 34.3. The Balaban J connectivity index is 2.51. The molecule has 14 heteroatoms.